The number of aliphatic hydroxyl groups is 1. The molecule has 18 heavy (non-hydrogen) atoms. The second-order valence-electron chi connectivity index (χ2n) is 4.71. The third kappa shape index (κ3) is 2.54. The molecule has 0 amide bonds. The number of aliphatic hydroxyl groups excluding tert-OH is 1. The molecule has 0 aliphatic carbocycles. The van der Waals surface area contributed by atoms with Crippen LogP contribution in [-0.4, -0.2) is 44.7 Å². The summed E-state index contributed by atoms with van der Waals surface area (Å²) >= 11 is 3.87. The van der Waals surface area contributed by atoms with Crippen LogP contribution in [0.2, 0.25) is 0 Å². The van der Waals surface area contributed by atoms with Crippen LogP contribution in [0.5, 0.6) is 0 Å². The van der Waals surface area contributed by atoms with Gasteiger partial charge in [0.1, 0.15) is 0 Å². The van der Waals surface area contributed by atoms with E-state index in [4.69, 9.17) is 4.52 Å². The summed E-state index contributed by atoms with van der Waals surface area (Å²) in [5.74, 6) is 3.76. The van der Waals surface area contributed by atoms with Crippen LogP contribution in [0.4, 0.5) is 0 Å². The van der Waals surface area contributed by atoms with Gasteiger partial charge in [0.05, 0.1) is 17.4 Å². The van der Waals surface area contributed by atoms with E-state index < -0.39 is 0 Å². The number of hydrogen-bond donors (Lipinski definition) is 2. The molecule has 0 saturated carbocycles. The molecule has 7 heteroatoms. The second-order valence-corrected chi connectivity index (χ2v) is 7.44. The highest BCUT2D eigenvalue weighted by atomic mass is 32.2. The van der Waals surface area contributed by atoms with Crippen LogP contribution in [0.3, 0.4) is 0 Å². The predicted molar refractivity (Wildman–Crippen MR) is 72.8 cm³/mol. The Labute approximate surface area is 114 Å². The van der Waals surface area contributed by atoms with Crippen LogP contribution < -0.4 is 5.32 Å². The maximum absolute atomic E-state index is 9.50. The molecule has 1 aromatic rings. The summed E-state index contributed by atoms with van der Waals surface area (Å²) in [6.45, 7) is 2.82. The molecule has 2 aliphatic heterocycles. The van der Waals surface area contributed by atoms with Crippen molar-refractivity contribution in [2.24, 2.45) is 0 Å². The smallest absolute Gasteiger partial charge is 0.243 e. The Morgan fingerprint density at radius 1 is 1.39 bits per heavy atom. The summed E-state index contributed by atoms with van der Waals surface area (Å²) in [4.78, 5) is 4.52. The van der Waals surface area contributed by atoms with Gasteiger partial charge in [0.15, 0.2) is 5.82 Å². The number of β-amino-alcohol motifs (C(OH)–C–C–N with tert-alkyl or cyclic N) is 1. The van der Waals surface area contributed by atoms with Crippen LogP contribution in [0.25, 0.3) is 0 Å². The topological polar surface area (TPSA) is 71.2 Å². The van der Waals surface area contributed by atoms with Crippen LogP contribution in [0.1, 0.15) is 36.4 Å². The summed E-state index contributed by atoms with van der Waals surface area (Å²) in [5, 5.41) is 17.7. The molecule has 1 aromatic heterocycles. The van der Waals surface area contributed by atoms with Gasteiger partial charge < -0.3 is 14.9 Å². The molecule has 2 fully saturated rings. The van der Waals surface area contributed by atoms with Gasteiger partial charge in [-0.2, -0.15) is 16.7 Å². The zero-order valence-corrected chi connectivity index (χ0v) is 11.8. The summed E-state index contributed by atoms with van der Waals surface area (Å²) in [5.41, 5.74) is 0. The molecule has 0 bridgehead atoms. The molecule has 2 unspecified atom stereocenters. The first-order valence-electron chi connectivity index (χ1n) is 6.22. The zero-order valence-electron chi connectivity index (χ0n) is 10.2. The zero-order chi connectivity index (χ0) is 12.5. The first-order valence-corrected chi connectivity index (χ1v) is 8.32. The Hall–Kier alpha value is -0.240. The van der Waals surface area contributed by atoms with Gasteiger partial charge in [-0.05, 0) is 6.42 Å². The van der Waals surface area contributed by atoms with Gasteiger partial charge >= 0.3 is 0 Å². The van der Waals surface area contributed by atoms with Crippen LogP contribution in [0, 0.1) is 0 Å². The number of hydrogen-bond acceptors (Lipinski definition) is 7. The highest BCUT2D eigenvalue weighted by molar-refractivity contribution is 8.06. The maximum atomic E-state index is 9.50. The third-order valence-corrected chi connectivity index (χ3v) is 6.39. The molecule has 2 N–H and O–H groups in total. The minimum absolute atomic E-state index is 0.0119. The molecule has 3 rings (SSSR count). The highest BCUT2D eigenvalue weighted by Gasteiger charge is 2.32. The standard InChI is InChI=1S/C11H17N3O2S2/c1-6-9(18-3-2-17-6)10-13-11(16-14-10)8-4-7(15)5-12-8/h6-9,12,15H,2-5H2,1H3/t6?,7-,8+,9?/m1/s1. The Bertz CT molecular complexity index is 415. The number of nitrogens with zero attached hydrogens (tertiary/aromatic N) is 2. The van der Waals surface area contributed by atoms with E-state index in [0.29, 0.717) is 29.4 Å². The van der Waals surface area contributed by atoms with E-state index in [9.17, 15) is 5.11 Å². The largest absolute Gasteiger partial charge is 0.392 e. The van der Waals surface area contributed by atoms with E-state index in [-0.39, 0.29) is 12.1 Å². The van der Waals surface area contributed by atoms with Gasteiger partial charge in [-0.1, -0.05) is 12.1 Å². The quantitative estimate of drug-likeness (QED) is 0.851. The molecule has 0 spiro atoms. The lowest BCUT2D eigenvalue weighted by atomic mass is 10.2. The van der Waals surface area contributed by atoms with Gasteiger partial charge in [-0.15, -0.1) is 11.8 Å². The number of thioether (sulfide) groups is 2. The first kappa shape index (κ1) is 12.8. The molecule has 100 valence electrons. The minimum Gasteiger partial charge on any atom is -0.392 e. The highest BCUT2D eigenvalue weighted by Crippen LogP contribution is 2.41. The molecule has 5 nitrogen and oxygen atoms in total. The lowest BCUT2D eigenvalue weighted by Gasteiger charge is -2.24. The van der Waals surface area contributed by atoms with Crippen molar-refractivity contribution in [1.29, 1.82) is 0 Å². The summed E-state index contributed by atoms with van der Waals surface area (Å²) < 4.78 is 5.34. The van der Waals surface area contributed by atoms with E-state index in [2.05, 4.69) is 22.4 Å². The van der Waals surface area contributed by atoms with E-state index >= 15 is 0 Å². The Morgan fingerprint density at radius 3 is 2.94 bits per heavy atom. The van der Waals surface area contributed by atoms with Crippen molar-refractivity contribution in [2.75, 3.05) is 18.1 Å². The fourth-order valence-electron chi connectivity index (χ4n) is 2.33. The van der Waals surface area contributed by atoms with Crippen LogP contribution >= 0.6 is 23.5 Å². The Balaban J connectivity index is 1.72. The SMILES string of the molecule is CC1SCCSC1c1noc([C@@H]2C[C@@H](O)CN2)n1. The van der Waals surface area contributed by atoms with Crippen molar-refractivity contribution < 1.29 is 9.63 Å². The summed E-state index contributed by atoms with van der Waals surface area (Å²) in [6, 6.07) is 0.0119. The molecule has 0 aromatic carbocycles. The van der Waals surface area contributed by atoms with Crippen molar-refractivity contribution >= 4 is 23.5 Å². The third-order valence-electron chi connectivity index (χ3n) is 3.31. The average Bonchev–Trinajstić information content (AvgIpc) is 2.98. The van der Waals surface area contributed by atoms with Crippen molar-refractivity contribution in [1.82, 2.24) is 15.5 Å². The minimum atomic E-state index is -0.302. The fourth-order valence-corrected chi connectivity index (χ4v) is 5.01. The molecular weight excluding hydrogens is 270 g/mol. The fraction of sp³-hybridized carbons (Fsp3) is 0.818. The van der Waals surface area contributed by atoms with Gasteiger partial charge in [-0.3, -0.25) is 0 Å². The number of nitrogens with one attached hydrogen (secondary N) is 1. The molecule has 2 aliphatic rings. The lowest BCUT2D eigenvalue weighted by molar-refractivity contribution is 0.191. The van der Waals surface area contributed by atoms with E-state index in [1.54, 1.807) is 0 Å². The Kier molecular flexibility index (Phi) is 3.83. The maximum Gasteiger partial charge on any atom is 0.243 e. The van der Waals surface area contributed by atoms with E-state index in [1.807, 2.05) is 23.5 Å². The summed E-state index contributed by atoms with van der Waals surface area (Å²) in [7, 11) is 0. The van der Waals surface area contributed by atoms with Crippen LogP contribution in [0.15, 0.2) is 4.52 Å². The van der Waals surface area contributed by atoms with Crippen molar-refractivity contribution in [3.8, 4) is 0 Å². The van der Waals surface area contributed by atoms with Gasteiger partial charge in [0, 0.05) is 23.3 Å². The molecule has 0 radical (unpaired) electrons. The monoisotopic (exact) mass is 287 g/mol. The molecule has 4 atom stereocenters. The van der Waals surface area contributed by atoms with Crippen molar-refractivity contribution in [3.63, 3.8) is 0 Å². The van der Waals surface area contributed by atoms with E-state index in [0.717, 1.165) is 11.6 Å². The molecular formula is C11H17N3O2S2. The Morgan fingerprint density at radius 2 is 2.22 bits per heavy atom. The summed E-state index contributed by atoms with van der Waals surface area (Å²) in [6.07, 6.45) is 0.355. The van der Waals surface area contributed by atoms with Crippen molar-refractivity contribution in [2.45, 2.75) is 36.0 Å². The van der Waals surface area contributed by atoms with Gasteiger partial charge in [0.25, 0.3) is 0 Å². The predicted octanol–water partition coefficient (Wildman–Crippen LogP) is 1.37. The van der Waals surface area contributed by atoms with Crippen LogP contribution in [-0.2, 0) is 0 Å². The molecule has 3 heterocycles. The normalized spacial score (nSPS) is 37.0. The molecule has 2 saturated heterocycles. The van der Waals surface area contributed by atoms with Crippen molar-refractivity contribution in [3.05, 3.63) is 11.7 Å². The average molecular weight is 287 g/mol. The van der Waals surface area contributed by atoms with Gasteiger partial charge in [0.2, 0.25) is 5.89 Å². The second kappa shape index (κ2) is 5.40. The van der Waals surface area contributed by atoms with Gasteiger partial charge in [-0.25, -0.2) is 0 Å². The number of rotatable bonds is 2. The number of aromatic nitrogens is 2. The lowest BCUT2D eigenvalue weighted by Crippen LogP contribution is -2.17. The first-order chi connectivity index (χ1) is 8.74. The van der Waals surface area contributed by atoms with E-state index in [1.165, 1.54) is 5.75 Å².